The van der Waals surface area contributed by atoms with Gasteiger partial charge in [-0.1, -0.05) is 27.2 Å². The smallest absolute Gasteiger partial charge is 0.334 e. The minimum absolute atomic E-state index is 0.157. The van der Waals surface area contributed by atoms with E-state index >= 15 is 0 Å². The number of nitro groups is 1. The van der Waals surface area contributed by atoms with E-state index < -0.39 is 22.1 Å². The standard InChI is InChI=1S/C17H24N2O5/c1-11(2)13-7-6-12(3)9-15(13)24-16(20)10-18-8-4-5-14(17(18)21)19(22)23/h4-5,8,11-13,15H,6-7,9-10H2,1-3H3/t12-,13+,15-/m1/s1. The predicted octanol–water partition coefficient (Wildman–Crippen LogP) is 2.76. The molecule has 132 valence electrons. The summed E-state index contributed by atoms with van der Waals surface area (Å²) in [5.41, 5.74) is -1.34. The highest BCUT2D eigenvalue weighted by atomic mass is 16.6. The zero-order valence-corrected chi connectivity index (χ0v) is 14.3. The fourth-order valence-corrected chi connectivity index (χ4v) is 3.38. The first kappa shape index (κ1) is 18.2. The average molecular weight is 336 g/mol. The van der Waals surface area contributed by atoms with Crippen molar-refractivity contribution in [3.8, 4) is 0 Å². The molecule has 0 aliphatic heterocycles. The Morgan fingerprint density at radius 1 is 1.46 bits per heavy atom. The number of ether oxygens (including phenoxy) is 1. The first-order valence-corrected chi connectivity index (χ1v) is 8.33. The lowest BCUT2D eigenvalue weighted by atomic mass is 9.75. The van der Waals surface area contributed by atoms with Crippen LogP contribution in [-0.4, -0.2) is 21.6 Å². The van der Waals surface area contributed by atoms with Crippen LogP contribution in [0, 0.1) is 27.9 Å². The lowest BCUT2D eigenvalue weighted by molar-refractivity contribution is -0.386. The van der Waals surface area contributed by atoms with E-state index in [1.54, 1.807) is 0 Å². The van der Waals surface area contributed by atoms with Gasteiger partial charge < -0.3 is 4.74 Å². The highest BCUT2D eigenvalue weighted by Crippen LogP contribution is 2.35. The molecule has 0 bridgehead atoms. The normalized spacial score (nSPS) is 23.9. The van der Waals surface area contributed by atoms with Gasteiger partial charge in [-0.25, -0.2) is 0 Å². The molecule has 7 heteroatoms. The van der Waals surface area contributed by atoms with Crippen LogP contribution >= 0.6 is 0 Å². The number of carbonyl (C=O) groups is 1. The van der Waals surface area contributed by atoms with Gasteiger partial charge in [0.25, 0.3) is 0 Å². The molecule has 0 radical (unpaired) electrons. The third-order valence-electron chi connectivity index (χ3n) is 4.74. The number of rotatable bonds is 5. The number of esters is 1. The van der Waals surface area contributed by atoms with Crippen LogP contribution in [-0.2, 0) is 16.1 Å². The summed E-state index contributed by atoms with van der Waals surface area (Å²) in [4.78, 5) is 34.3. The third kappa shape index (κ3) is 4.21. The second-order valence-corrected chi connectivity index (χ2v) is 6.94. The maximum absolute atomic E-state index is 12.2. The molecule has 2 rings (SSSR count). The lowest BCUT2D eigenvalue weighted by Crippen LogP contribution is -2.37. The summed E-state index contributed by atoms with van der Waals surface area (Å²) < 4.78 is 6.65. The molecule has 0 saturated heterocycles. The van der Waals surface area contributed by atoms with Crippen molar-refractivity contribution in [2.24, 2.45) is 17.8 Å². The Balaban J connectivity index is 2.09. The lowest BCUT2D eigenvalue weighted by Gasteiger charge is -2.36. The second kappa shape index (κ2) is 7.59. The van der Waals surface area contributed by atoms with Gasteiger partial charge >= 0.3 is 17.2 Å². The summed E-state index contributed by atoms with van der Waals surface area (Å²) in [5.74, 6) is 0.698. The van der Waals surface area contributed by atoms with Crippen molar-refractivity contribution >= 4 is 11.7 Å². The second-order valence-electron chi connectivity index (χ2n) is 6.94. The van der Waals surface area contributed by atoms with Crippen LogP contribution < -0.4 is 5.56 Å². The van der Waals surface area contributed by atoms with Crippen molar-refractivity contribution in [1.29, 1.82) is 0 Å². The molecular weight excluding hydrogens is 312 g/mol. The largest absolute Gasteiger partial charge is 0.461 e. The summed E-state index contributed by atoms with van der Waals surface area (Å²) >= 11 is 0. The van der Waals surface area contributed by atoms with Gasteiger partial charge in [0.15, 0.2) is 0 Å². The Morgan fingerprint density at radius 2 is 2.17 bits per heavy atom. The number of hydrogen-bond donors (Lipinski definition) is 0. The van der Waals surface area contributed by atoms with Gasteiger partial charge in [-0.3, -0.25) is 24.3 Å². The zero-order valence-electron chi connectivity index (χ0n) is 14.3. The molecule has 0 amide bonds. The van der Waals surface area contributed by atoms with Gasteiger partial charge in [-0.05, 0) is 36.7 Å². The van der Waals surface area contributed by atoms with Crippen LogP contribution in [0.1, 0.15) is 40.0 Å². The maximum Gasteiger partial charge on any atom is 0.334 e. The molecule has 0 N–H and O–H groups in total. The minimum atomic E-state index is -0.795. The molecule has 7 nitrogen and oxygen atoms in total. The van der Waals surface area contributed by atoms with Crippen molar-refractivity contribution in [1.82, 2.24) is 4.57 Å². The molecule has 0 spiro atoms. The summed E-state index contributed by atoms with van der Waals surface area (Å²) in [6, 6.07) is 2.51. The summed E-state index contributed by atoms with van der Waals surface area (Å²) in [7, 11) is 0. The first-order valence-electron chi connectivity index (χ1n) is 8.33. The van der Waals surface area contributed by atoms with Crippen molar-refractivity contribution < 1.29 is 14.5 Å². The van der Waals surface area contributed by atoms with Crippen molar-refractivity contribution in [3.63, 3.8) is 0 Å². The predicted molar refractivity (Wildman–Crippen MR) is 88.6 cm³/mol. The summed E-state index contributed by atoms with van der Waals surface area (Å²) in [6.45, 7) is 6.07. The van der Waals surface area contributed by atoms with Gasteiger partial charge in [0.05, 0.1) is 4.92 Å². The van der Waals surface area contributed by atoms with Crippen molar-refractivity contribution in [3.05, 3.63) is 38.8 Å². The molecule has 1 aliphatic rings. The summed E-state index contributed by atoms with van der Waals surface area (Å²) in [6.07, 6.45) is 4.17. The molecule has 1 fully saturated rings. The molecule has 0 aromatic carbocycles. The Labute approximate surface area is 140 Å². The van der Waals surface area contributed by atoms with Crippen LogP contribution in [0.5, 0.6) is 0 Å². The van der Waals surface area contributed by atoms with E-state index in [-0.39, 0.29) is 12.6 Å². The van der Waals surface area contributed by atoms with Crippen LogP contribution in [0.2, 0.25) is 0 Å². The van der Waals surface area contributed by atoms with E-state index in [1.165, 1.54) is 12.3 Å². The molecule has 1 heterocycles. The molecule has 3 atom stereocenters. The minimum Gasteiger partial charge on any atom is -0.461 e. The van der Waals surface area contributed by atoms with Gasteiger partial charge in [0.1, 0.15) is 12.6 Å². The van der Waals surface area contributed by atoms with E-state index in [0.29, 0.717) is 17.8 Å². The highest BCUT2D eigenvalue weighted by Gasteiger charge is 2.33. The topological polar surface area (TPSA) is 91.4 Å². The number of hydrogen-bond acceptors (Lipinski definition) is 5. The number of pyridine rings is 1. The molecule has 1 aromatic rings. The van der Waals surface area contributed by atoms with E-state index in [0.717, 1.165) is 29.9 Å². The zero-order chi connectivity index (χ0) is 17.9. The first-order chi connectivity index (χ1) is 11.3. The molecule has 1 aromatic heterocycles. The summed E-state index contributed by atoms with van der Waals surface area (Å²) in [5, 5.41) is 10.8. The van der Waals surface area contributed by atoms with Gasteiger partial charge in [0, 0.05) is 12.3 Å². The highest BCUT2D eigenvalue weighted by molar-refractivity contribution is 5.69. The van der Waals surface area contributed by atoms with E-state index in [1.807, 2.05) is 0 Å². The average Bonchev–Trinajstić information content (AvgIpc) is 2.48. The quantitative estimate of drug-likeness (QED) is 0.468. The monoisotopic (exact) mass is 336 g/mol. The van der Waals surface area contributed by atoms with Gasteiger partial charge in [0.2, 0.25) is 0 Å². The Bertz CT molecular complexity index is 667. The fraction of sp³-hybridized carbons (Fsp3) is 0.647. The molecular formula is C17H24N2O5. The maximum atomic E-state index is 12.2. The van der Waals surface area contributed by atoms with Gasteiger partial charge in [-0.2, -0.15) is 0 Å². The molecule has 1 saturated carbocycles. The Hall–Kier alpha value is -2.18. The number of aromatic nitrogens is 1. The van der Waals surface area contributed by atoms with E-state index in [2.05, 4.69) is 20.8 Å². The molecule has 24 heavy (non-hydrogen) atoms. The van der Waals surface area contributed by atoms with Crippen LogP contribution in [0.15, 0.2) is 23.1 Å². The van der Waals surface area contributed by atoms with Crippen LogP contribution in [0.4, 0.5) is 5.69 Å². The van der Waals surface area contributed by atoms with E-state index in [4.69, 9.17) is 4.74 Å². The SMILES string of the molecule is CC(C)[C@@H]1CC[C@@H](C)C[C@H]1OC(=O)Cn1cccc([N+](=O)[O-])c1=O. The molecule has 1 aliphatic carbocycles. The van der Waals surface area contributed by atoms with Gasteiger partial charge in [-0.15, -0.1) is 0 Å². The Morgan fingerprint density at radius 3 is 2.79 bits per heavy atom. The Kier molecular flexibility index (Phi) is 5.75. The van der Waals surface area contributed by atoms with Crippen molar-refractivity contribution in [2.45, 2.75) is 52.7 Å². The van der Waals surface area contributed by atoms with Crippen molar-refractivity contribution in [2.75, 3.05) is 0 Å². The van der Waals surface area contributed by atoms with Crippen LogP contribution in [0.3, 0.4) is 0 Å². The number of nitrogens with zero attached hydrogens (tertiary/aromatic N) is 2. The van der Waals surface area contributed by atoms with E-state index in [9.17, 15) is 19.7 Å². The fourth-order valence-electron chi connectivity index (χ4n) is 3.38. The number of carbonyl (C=O) groups excluding carboxylic acids is 1. The molecule has 0 unspecified atom stereocenters. The third-order valence-corrected chi connectivity index (χ3v) is 4.74. The van der Waals surface area contributed by atoms with Crippen LogP contribution in [0.25, 0.3) is 0 Å².